The molecule has 0 saturated carbocycles. The molecular weight excluding hydrogens is 320 g/mol. The topological polar surface area (TPSA) is 74.6 Å². The molecule has 0 saturated heterocycles. The molecule has 0 aliphatic heterocycles. The fourth-order valence-electron chi connectivity index (χ4n) is 1.10. The molecule has 6 heteroatoms. The zero-order chi connectivity index (χ0) is 10.9. The van der Waals surface area contributed by atoms with E-state index in [1.54, 1.807) is 0 Å². The van der Waals surface area contributed by atoms with Gasteiger partial charge in [0.25, 0.3) is 0 Å². The number of allylic oxidation sites excluding steroid dienone is 2. The molecule has 0 fully saturated rings. The van der Waals surface area contributed by atoms with Crippen molar-refractivity contribution in [3.05, 3.63) is 22.7 Å². The Kier molecular flexibility index (Phi) is 3.16. The quantitative estimate of drug-likeness (QED) is 0.759. The SMILES string of the molecule is O=C(O)C1C=C(Br)C=CC1(Br)C(=O)O. The molecule has 0 radical (unpaired) electrons. The smallest absolute Gasteiger partial charge is 0.325 e. The number of alkyl halides is 1. The molecule has 1 aliphatic rings. The standard InChI is InChI=1S/C8H6Br2O4/c9-4-1-2-8(10,7(13)14)5(3-4)6(11)12/h1-3,5H,(H,11,12)(H,13,14). The maximum atomic E-state index is 10.9. The van der Waals surface area contributed by atoms with Crippen LogP contribution in [0.3, 0.4) is 0 Å². The van der Waals surface area contributed by atoms with Gasteiger partial charge in [-0.3, -0.25) is 9.59 Å². The number of carboxylic acids is 2. The van der Waals surface area contributed by atoms with Crippen LogP contribution < -0.4 is 0 Å². The predicted octanol–water partition coefficient (Wildman–Crippen LogP) is 1.75. The van der Waals surface area contributed by atoms with E-state index in [9.17, 15) is 9.59 Å². The Hall–Kier alpha value is -0.620. The van der Waals surface area contributed by atoms with Crippen molar-refractivity contribution in [2.75, 3.05) is 0 Å². The molecule has 4 nitrogen and oxygen atoms in total. The number of rotatable bonds is 2. The summed E-state index contributed by atoms with van der Waals surface area (Å²) in [5.74, 6) is -3.54. The van der Waals surface area contributed by atoms with Gasteiger partial charge in [0.15, 0.2) is 4.32 Å². The molecule has 0 spiro atoms. The lowest BCUT2D eigenvalue weighted by Gasteiger charge is -2.26. The minimum atomic E-state index is -1.56. The molecule has 1 aliphatic carbocycles. The van der Waals surface area contributed by atoms with Crippen LogP contribution in [0.4, 0.5) is 0 Å². The van der Waals surface area contributed by atoms with Crippen LogP contribution in [0.2, 0.25) is 0 Å². The van der Waals surface area contributed by atoms with Gasteiger partial charge in [0.05, 0.1) is 0 Å². The van der Waals surface area contributed by atoms with E-state index in [1.807, 2.05) is 0 Å². The maximum absolute atomic E-state index is 10.9. The van der Waals surface area contributed by atoms with Gasteiger partial charge in [-0.05, 0) is 0 Å². The highest BCUT2D eigenvalue weighted by atomic mass is 79.9. The number of halogens is 2. The second kappa shape index (κ2) is 3.86. The van der Waals surface area contributed by atoms with Crippen molar-refractivity contribution < 1.29 is 19.8 Å². The van der Waals surface area contributed by atoms with E-state index in [-0.39, 0.29) is 0 Å². The van der Waals surface area contributed by atoms with E-state index in [2.05, 4.69) is 31.9 Å². The molecule has 14 heavy (non-hydrogen) atoms. The third-order valence-electron chi connectivity index (χ3n) is 1.86. The third-order valence-corrected chi connectivity index (χ3v) is 3.48. The van der Waals surface area contributed by atoms with Crippen LogP contribution in [0.5, 0.6) is 0 Å². The van der Waals surface area contributed by atoms with Crippen molar-refractivity contribution in [3.8, 4) is 0 Å². The molecule has 2 N–H and O–H groups in total. The molecule has 0 aromatic rings. The highest BCUT2D eigenvalue weighted by Crippen LogP contribution is 2.37. The molecule has 0 amide bonds. The number of carboxylic acid groups (broad SMARTS) is 2. The van der Waals surface area contributed by atoms with E-state index in [0.717, 1.165) is 0 Å². The van der Waals surface area contributed by atoms with Crippen molar-refractivity contribution >= 4 is 43.8 Å². The van der Waals surface area contributed by atoms with Gasteiger partial charge in [0.1, 0.15) is 5.92 Å². The number of aliphatic carboxylic acids is 2. The summed E-state index contributed by atoms with van der Waals surface area (Å²) in [4.78, 5) is 21.7. The monoisotopic (exact) mass is 324 g/mol. The van der Waals surface area contributed by atoms with Crippen LogP contribution in [-0.4, -0.2) is 26.5 Å². The Balaban J connectivity index is 3.15. The summed E-state index contributed by atoms with van der Waals surface area (Å²) in [6, 6.07) is 0. The van der Waals surface area contributed by atoms with Crippen molar-refractivity contribution in [1.29, 1.82) is 0 Å². The Morgan fingerprint density at radius 3 is 2.43 bits per heavy atom. The van der Waals surface area contributed by atoms with Crippen LogP contribution in [0.1, 0.15) is 0 Å². The van der Waals surface area contributed by atoms with Gasteiger partial charge in [0, 0.05) is 4.48 Å². The minimum Gasteiger partial charge on any atom is -0.481 e. The average Bonchev–Trinajstić information content (AvgIpc) is 2.08. The van der Waals surface area contributed by atoms with Gasteiger partial charge < -0.3 is 10.2 Å². The second-order valence-corrected chi connectivity index (χ2v) is 5.00. The molecule has 2 unspecified atom stereocenters. The first-order chi connectivity index (χ1) is 6.38. The van der Waals surface area contributed by atoms with Crippen LogP contribution in [0.25, 0.3) is 0 Å². The number of hydrogen-bond acceptors (Lipinski definition) is 2. The van der Waals surface area contributed by atoms with Gasteiger partial charge in [-0.2, -0.15) is 0 Å². The van der Waals surface area contributed by atoms with Crippen LogP contribution in [-0.2, 0) is 9.59 Å². The molecule has 76 valence electrons. The molecule has 0 bridgehead atoms. The van der Waals surface area contributed by atoms with E-state index in [1.165, 1.54) is 18.2 Å². The summed E-state index contributed by atoms with van der Waals surface area (Å²) >= 11 is 6.02. The summed E-state index contributed by atoms with van der Waals surface area (Å²) in [5.41, 5.74) is 0. The molecule has 0 aromatic carbocycles. The van der Waals surface area contributed by atoms with Crippen molar-refractivity contribution in [2.24, 2.45) is 5.92 Å². The van der Waals surface area contributed by atoms with Gasteiger partial charge >= 0.3 is 11.9 Å². The molecule has 0 aromatic heterocycles. The van der Waals surface area contributed by atoms with E-state index < -0.39 is 22.2 Å². The Morgan fingerprint density at radius 1 is 1.43 bits per heavy atom. The predicted molar refractivity (Wildman–Crippen MR) is 56.6 cm³/mol. The lowest BCUT2D eigenvalue weighted by molar-refractivity contribution is -0.148. The average molecular weight is 326 g/mol. The van der Waals surface area contributed by atoms with E-state index in [4.69, 9.17) is 10.2 Å². The zero-order valence-electron chi connectivity index (χ0n) is 6.78. The molecule has 2 atom stereocenters. The lowest BCUT2D eigenvalue weighted by atomic mass is 9.88. The second-order valence-electron chi connectivity index (χ2n) is 2.77. The van der Waals surface area contributed by atoms with Crippen molar-refractivity contribution in [1.82, 2.24) is 0 Å². The normalized spacial score (nSPS) is 31.0. The molecule has 1 rings (SSSR count). The highest BCUT2D eigenvalue weighted by molar-refractivity contribution is 9.12. The number of hydrogen-bond donors (Lipinski definition) is 2. The van der Waals surface area contributed by atoms with Crippen LogP contribution in [0, 0.1) is 5.92 Å². The Bertz CT molecular complexity index is 347. The van der Waals surface area contributed by atoms with E-state index >= 15 is 0 Å². The van der Waals surface area contributed by atoms with Crippen LogP contribution in [0.15, 0.2) is 22.7 Å². The molecular formula is C8H6Br2O4. The van der Waals surface area contributed by atoms with Gasteiger partial charge in [-0.25, -0.2) is 0 Å². The van der Waals surface area contributed by atoms with Gasteiger partial charge in [-0.15, -0.1) is 0 Å². The zero-order valence-corrected chi connectivity index (χ0v) is 9.95. The first kappa shape index (κ1) is 11.5. The fourth-order valence-corrected chi connectivity index (χ4v) is 1.95. The van der Waals surface area contributed by atoms with Crippen molar-refractivity contribution in [3.63, 3.8) is 0 Å². The summed E-state index contributed by atoms with van der Waals surface area (Å²) in [5, 5.41) is 17.7. The summed E-state index contributed by atoms with van der Waals surface area (Å²) in [7, 11) is 0. The van der Waals surface area contributed by atoms with Crippen LogP contribution >= 0.6 is 31.9 Å². The Morgan fingerprint density at radius 2 is 2.00 bits per heavy atom. The lowest BCUT2D eigenvalue weighted by Crippen LogP contribution is -2.42. The highest BCUT2D eigenvalue weighted by Gasteiger charge is 2.46. The van der Waals surface area contributed by atoms with Gasteiger partial charge in [0.2, 0.25) is 0 Å². The number of carbonyl (C=O) groups is 2. The minimum absolute atomic E-state index is 0.557. The Labute approximate surface area is 96.6 Å². The first-order valence-corrected chi connectivity index (χ1v) is 5.18. The van der Waals surface area contributed by atoms with Gasteiger partial charge in [-0.1, -0.05) is 50.1 Å². The first-order valence-electron chi connectivity index (χ1n) is 3.59. The summed E-state index contributed by atoms with van der Waals surface area (Å²) in [6.45, 7) is 0. The van der Waals surface area contributed by atoms with E-state index in [0.29, 0.717) is 4.48 Å². The molecule has 0 heterocycles. The van der Waals surface area contributed by atoms with Crippen molar-refractivity contribution in [2.45, 2.75) is 4.32 Å². The summed E-state index contributed by atoms with van der Waals surface area (Å²) < 4.78 is -1.00. The summed E-state index contributed by atoms with van der Waals surface area (Å²) in [6.07, 6.45) is 4.14. The third kappa shape index (κ3) is 1.90. The largest absolute Gasteiger partial charge is 0.481 e. The maximum Gasteiger partial charge on any atom is 0.325 e. The fraction of sp³-hybridized carbons (Fsp3) is 0.250.